The highest BCUT2D eigenvalue weighted by molar-refractivity contribution is 5.99. The van der Waals surface area contributed by atoms with Gasteiger partial charge in [-0.2, -0.15) is 20.0 Å². The molecule has 1 aliphatic rings. The first-order valence-electron chi connectivity index (χ1n) is 10.9. The van der Waals surface area contributed by atoms with Crippen molar-refractivity contribution in [3.63, 3.8) is 0 Å². The van der Waals surface area contributed by atoms with E-state index < -0.39 is 0 Å². The minimum atomic E-state index is -0.317. The molecule has 1 atom stereocenters. The molecule has 1 fully saturated rings. The number of carbonyl (C=O) groups is 1. The lowest BCUT2D eigenvalue weighted by Crippen LogP contribution is -2.46. The molecule has 1 unspecified atom stereocenters. The molecule has 34 heavy (non-hydrogen) atoms. The fraction of sp³-hybridized carbons (Fsp3) is 0.304. The lowest BCUT2D eigenvalue weighted by molar-refractivity contribution is 0.0435. The van der Waals surface area contributed by atoms with E-state index in [9.17, 15) is 4.79 Å². The number of benzene rings is 1. The van der Waals surface area contributed by atoms with Gasteiger partial charge in [-0.3, -0.25) is 4.79 Å². The van der Waals surface area contributed by atoms with Crippen molar-refractivity contribution in [1.82, 2.24) is 35.0 Å². The number of pyridine rings is 1. The molecule has 0 saturated carbocycles. The van der Waals surface area contributed by atoms with Crippen molar-refractivity contribution < 1.29 is 18.8 Å². The maximum absolute atomic E-state index is 13.6. The molecule has 11 nitrogen and oxygen atoms in total. The monoisotopic (exact) mass is 461 g/mol. The Morgan fingerprint density at radius 3 is 2.76 bits per heavy atom. The lowest BCUT2D eigenvalue weighted by Gasteiger charge is -2.39. The Hall–Kier alpha value is -4.28. The number of rotatable bonds is 7. The van der Waals surface area contributed by atoms with Gasteiger partial charge in [-0.05, 0) is 50.1 Å². The second kappa shape index (κ2) is 8.93. The molecular weight excluding hydrogens is 438 g/mol. The van der Waals surface area contributed by atoms with E-state index in [2.05, 4.69) is 25.3 Å². The Kier molecular flexibility index (Phi) is 5.66. The molecule has 1 aromatic carbocycles. The minimum absolute atomic E-state index is 0.190. The first kappa shape index (κ1) is 21.6. The zero-order chi connectivity index (χ0) is 23.7. The van der Waals surface area contributed by atoms with Crippen LogP contribution in [0.1, 0.15) is 41.1 Å². The number of nitrogens with zero attached hydrogens (tertiary/aromatic N) is 7. The number of ether oxygens (including phenoxy) is 2. The average Bonchev–Trinajstić information content (AvgIpc) is 3.51. The van der Waals surface area contributed by atoms with Gasteiger partial charge in [0.2, 0.25) is 5.88 Å². The summed E-state index contributed by atoms with van der Waals surface area (Å²) in [4.78, 5) is 25.5. The van der Waals surface area contributed by atoms with Crippen LogP contribution in [-0.2, 0) is 0 Å². The molecule has 0 aliphatic carbocycles. The Morgan fingerprint density at radius 2 is 2.06 bits per heavy atom. The Morgan fingerprint density at radius 1 is 1.24 bits per heavy atom. The average molecular weight is 461 g/mol. The first-order valence-corrected chi connectivity index (χ1v) is 10.9. The third-order valence-electron chi connectivity index (χ3n) is 5.68. The molecule has 4 heterocycles. The highest BCUT2D eigenvalue weighted by Crippen LogP contribution is 2.36. The van der Waals surface area contributed by atoms with Crippen LogP contribution in [0.25, 0.3) is 17.1 Å². The van der Waals surface area contributed by atoms with Gasteiger partial charge < -0.3 is 18.9 Å². The number of likely N-dealkylation sites (tertiary alicyclic amines) is 1. The van der Waals surface area contributed by atoms with Crippen molar-refractivity contribution >= 4 is 5.91 Å². The van der Waals surface area contributed by atoms with Crippen LogP contribution < -0.4 is 9.47 Å². The van der Waals surface area contributed by atoms with Crippen LogP contribution in [0.15, 0.2) is 47.4 Å². The van der Waals surface area contributed by atoms with E-state index in [1.54, 1.807) is 48.8 Å². The van der Waals surface area contributed by atoms with Crippen molar-refractivity contribution in [1.29, 1.82) is 0 Å². The van der Waals surface area contributed by atoms with Gasteiger partial charge in [0, 0.05) is 12.7 Å². The van der Waals surface area contributed by atoms with Crippen LogP contribution in [-0.4, -0.2) is 61.2 Å². The summed E-state index contributed by atoms with van der Waals surface area (Å²) >= 11 is 0. The number of aromatic nitrogens is 6. The van der Waals surface area contributed by atoms with Gasteiger partial charge in [0.15, 0.2) is 5.82 Å². The molecule has 0 N–H and O–H groups in total. The van der Waals surface area contributed by atoms with Gasteiger partial charge in [-0.15, -0.1) is 0 Å². The maximum atomic E-state index is 13.6. The summed E-state index contributed by atoms with van der Waals surface area (Å²) in [5.41, 5.74) is 2.48. The third-order valence-corrected chi connectivity index (χ3v) is 5.68. The molecule has 0 spiro atoms. The second-order valence-corrected chi connectivity index (χ2v) is 7.71. The number of amides is 1. The largest absolute Gasteiger partial charge is 0.496 e. The van der Waals surface area contributed by atoms with Crippen LogP contribution in [0.3, 0.4) is 0 Å². The van der Waals surface area contributed by atoms with Crippen LogP contribution in [0.5, 0.6) is 11.6 Å². The Bertz CT molecular complexity index is 1320. The molecule has 3 aromatic heterocycles. The zero-order valence-corrected chi connectivity index (χ0v) is 19.0. The van der Waals surface area contributed by atoms with Gasteiger partial charge in [0.25, 0.3) is 11.8 Å². The van der Waals surface area contributed by atoms with Crippen LogP contribution >= 0.6 is 0 Å². The number of hydrogen-bond acceptors (Lipinski definition) is 9. The fourth-order valence-electron chi connectivity index (χ4n) is 3.91. The van der Waals surface area contributed by atoms with Crippen molar-refractivity contribution in [3.05, 3.63) is 59.8 Å². The summed E-state index contributed by atoms with van der Waals surface area (Å²) in [5, 5.41) is 12.6. The molecule has 4 aromatic rings. The van der Waals surface area contributed by atoms with Crippen molar-refractivity contribution in [2.75, 3.05) is 20.3 Å². The number of methoxy groups -OCH3 is 1. The molecule has 5 rings (SSSR count). The van der Waals surface area contributed by atoms with Crippen molar-refractivity contribution in [2.24, 2.45) is 0 Å². The minimum Gasteiger partial charge on any atom is -0.496 e. The van der Waals surface area contributed by atoms with Gasteiger partial charge in [0.05, 0.1) is 43.4 Å². The zero-order valence-electron chi connectivity index (χ0n) is 19.0. The van der Waals surface area contributed by atoms with Crippen LogP contribution in [0.4, 0.5) is 0 Å². The van der Waals surface area contributed by atoms with E-state index in [1.807, 2.05) is 19.9 Å². The molecule has 1 amide bonds. The van der Waals surface area contributed by atoms with Crippen LogP contribution in [0.2, 0.25) is 0 Å². The molecule has 11 heteroatoms. The standard InChI is InChI=1S/C23H23N7O4/c1-4-33-21-15(6-5-8-24-21)22-27-20(28-34-22)17-7-11-29(17)23(31)16-13-19(32-3)14(2)12-18(16)30-25-9-10-26-30/h5-6,8-10,12-13,17H,4,7,11H2,1-3H3. The fourth-order valence-corrected chi connectivity index (χ4v) is 3.91. The summed E-state index contributed by atoms with van der Waals surface area (Å²) in [7, 11) is 1.57. The molecule has 1 aliphatic heterocycles. The highest BCUT2D eigenvalue weighted by Gasteiger charge is 2.38. The Labute approximate surface area is 195 Å². The van der Waals surface area contributed by atoms with Crippen molar-refractivity contribution in [3.8, 4) is 28.8 Å². The van der Waals surface area contributed by atoms with Gasteiger partial charge in [-0.1, -0.05) is 5.16 Å². The van der Waals surface area contributed by atoms with E-state index in [0.29, 0.717) is 59.7 Å². The lowest BCUT2D eigenvalue weighted by atomic mass is 9.99. The first-order chi connectivity index (χ1) is 16.6. The van der Waals surface area contributed by atoms with Gasteiger partial charge in [-0.25, -0.2) is 4.98 Å². The topological polar surface area (TPSA) is 121 Å². The van der Waals surface area contributed by atoms with E-state index in [0.717, 1.165) is 5.56 Å². The summed E-state index contributed by atoms with van der Waals surface area (Å²) in [6.07, 6.45) is 5.49. The third kappa shape index (κ3) is 3.74. The number of hydrogen-bond donors (Lipinski definition) is 0. The number of carbonyl (C=O) groups excluding carboxylic acids is 1. The summed E-state index contributed by atoms with van der Waals surface area (Å²) < 4.78 is 16.5. The molecule has 174 valence electrons. The second-order valence-electron chi connectivity index (χ2n) is 7.71. The predicted octanol–water partition coefficient (Wildman–Crippen LogP) is 3.02. The quantitative estimate of drug-likeness (QED) is 0.409. The molecule has 0 radical (unpaired) electrons. The summed E-state index contributed by atoms with van der Waals surface area (Å²) in [5.74, 6) is 1.57. The van der Waals surface area contributed by atoms with Gasteiger partial charge in [0.1, 0.15) is 11.3 Å². The summed E-state index contributed by atoms with van der Waals surface area (Å²) in [6.45, 7) is 4.81. The van der Waals surface area contributed by atoms with Crippen LogP contribution in [0, 0.1) is 6.92 Å². The van der Waals surface area contributed by atoms with Crippen molar-refractivity contribution in [2.45, 2.75) is 26.3 Å². The van der Waals surface area contributed by atoms with E-state index in [-0.39, 0.29) is 11.9 Å². The van der Waals surface area contributed by atoms with Gasteiger partial charge >= 0.3 is 0 Å². The van der Waals surface area contributed by atoms with E-state index in [1.165, 1.54) is 4.80 Å². The SMILES string of the molecule is CCOc1ncccc1-c1nc(C2CCN2C(=O)c2cc(OC)c(C)cc2-n2nccn2)no1. The Balaban J connectivity index is 1.45. The molecule has 0 bridgehead atoms. The van der Waals surface area contributed by atoms with E-state index >= 15 is 0 Å². The molecule has 1 saturated heterocycles. The highest BCUT2D eigenvalue weighted by atomic mass is 16.5. The normalized spacial score (nSPS) is 15.1. The van der Waals surface area contributed by atoms with E-state index in [4.69, 9.17) is 14.0 Å². The summed E-state index contributed by atoms with van der Waals surface area (Å²) in [6, 6.07) is 6.82. The molecular formula is C23H23N7O4. The number of aryl methyl sites for hydroxylation is 1. The smallest absolute Gasteiger partial charge is 0.263 e. The predicted molar refractivity (Wildman–Crippen MR) is 120 cm³/mol. The maximum Gasteiger partial charge on any atom is 0.263 e.